The lowest BCUT2D eigenvalue weighted by Crippen LogP contribution is -2.48. The zero-order valence-corrected chi connectivity index (χ0v) is 14.6. The maximum Gasteiger partial charge on any atom is 0.341 e. The van der Waals surface area contributed by atoms with Gasteiger partial charge in [-0.1, -0.05) is 30.3 Å². The van der Waals surface area contributed by atoms with E-state index in [1.54, 1.807) is 0 Å². The van der Waals surface area contributed by atoms with Crippen molar-refractivity contribution in [3.8, 4) is 0 Å². The maximum absolute atomic E-state index is 12.2. The van der Waals surface area contributed by atoms with E-state index in [4.69, 9.17) is 14.6 Å². The average molecular weight is 344 g/mol. The highest BCUT2D eigenvalue weighted by Crippen LogP contribution is 2.34. The van der Waals surface area contributed by atoms with E-state index in [1.807, 2.05) is 51.1 Å². The second-order valence-corrected chi connectivity index (χ2v) is 8.06. The number of nitrogens with one attached hydrogen (secondary N) is 1. The molecule has 130 valence electrons. The van der Waals surface area contributed by atoms with Crippen LogP contribution < -0.4 is 5.32 Å². The molecule has 8 heteroatoms. The van der Waals surface area contributed by atoms with Crippen molar-refractivity contribution in [3.05, 3.63) is 35.9 Å². The van der Waals surface area contributed by atoms with Crippen LogP contribution in [0.2, 0.25) is 0 Å². The molecule has 0 heterocycles. The number of rotatable bonds is 7. The first-order chi connectivity index (χ1) is 10.6. The second kappa shape index (κ2) is 8.45. The van der Waals surface area contributed by atoms with Crippen LogP contribution >= 0.6 is 7.60 Å². The molecule has 0 atom stereocenters. The summed E-state index contributed by atoms with van der Waals surface area (Å²) in [6, 6.07) is 8.93. The van der Waals surface area contributed by atoms with Crippen molar-refractivity contribution in [2.45, 2.75) is 39.3 Å². The first-order valence-corrected chi connectivity index (χ1v) is 9.18. The van der Waals surface area contributed by atoms with Gasteiger partial charge in [0, 0.05) is 5.54 Å². The first kappa shape index (κ1) is 19.6. The summed E-state index contributed by atoms with van der Waals surface area (Å²) in [6.07, 6.45) is -0.141. The standard InChI is InChI=1S/C15H25N2O5P/c1-15(2,3)16-14(18)17(10-7-11-23(19,20)21)22-12-13-8-5-4-6-9-13/h4-6,8-9H,7,10-12H2,1-3H3,(H,16,18)(H2,19,20,21). The van der Waals surface area contributed by atoms with E-state index in [0.717, 1.165) is 10.6 Å². The number of amides is 2. The van der Waals surface area contributed by atoms with Crippen molar-refractivity contribution in [1.29, 1.82) is 0 Å². The number of carbonyl (C=O) groups is 1. The summed E-state index contributed by atoms with van der Waals surface area (Å²) in [5.74, 6) is 0. The molecular weight excluding hydrogens is 319 g/mol. The van der Waals surface area contributed by atoms with E-state index in [-0.39, 0.29) is 25.7 Å². The normalized spacial score (nSPS) is 12.0. The molecule has 0 aliphatic heterocycles. The Kier molecular flexibility index (Phi) is 7.22. The summed E-state index contributed by atoms with van der Waals surface area (Å²) in [6.45, 7) is 5.83. The smallest absolute Gasteiger partial charge is 0.332 e. The van der Waals surface area contributed by atoms with Crippen LogP contribution in [0.3, 0.4) is 0 Å². The van der Waals surface area contributed by atoms with Crippen LogP contribution in [0.15, 0.2) is 30.3 Å². The zero-order chi connectivity index (χ0) is 17.5. The Hall–Kier alpha value is -1.40. The minimum absolute atomic E-state index is 0.0971. The molecule has 0 fully saturated rings. The quantitative estimate of drug-likeness (QED) is 0.521. The fourth-order valence-electron chi connectivity index (χ4n) is 1.75. The van der Waals surface area contributed by atoms with E-state index in [9.17, 15) is 9.36 Å². The molecule has 0 aromatic heterocycles. The van der Waals surface area contributed by atoms with Crippen LogP contribution in [-0.4, -0.2) is 39.1 Å². The molecule has 23 heavy (non-hydrogen) atoms. The van der Waals surface area contributed by atoms with Crippen molar-refractivity contribution in [2.24, 2.45) is 0 Å². The lowest BCUT2D eigenvalue weighted by atomic mass is 10.1. The topological polar surface area (TPSA) is 99.1 Å². The summed E-state index contributed by atoms with van der Waals surface area (Å²) in [5.41, 5.74) is 0.463. The fourth-order valence-corrected chi connectivity index (χ4v) is 2.31. The van der Waals surface area contributed by atoms with Crippen molar-refractivity contribution < 1.29 is 24.0 Å². The largest absolute Gasteiger partial charge is 0.341 e. The Morgan fingerprint density at radius 3 is 2.39 bits per heavy atom. The van der Waals surface area contributed by atoms with Gasteiger partial charge in [0.2, 0.25) is 0 Å². The van der Waals surface area contributed by atoms with Crippen molar-refractivity contribution in [2.75, 3.05) is 12.7 Å². The second-order valence-electron chi connectivity index (χ2n) is 6.28. The van der Waals surface area contributed by atoms with Crippen LogP contribution in [0.5, 0.6) is 0 Å². The molecule has 0 bridgehead atoms. The molecule has 1 rings (SSSR count). The molecule has 3 N–H and O–H groups in total. The van der Waals surface area contributed by atoms with Crippen LogP contribution in [0.25, 0.3) is 0 Å². The van der Waals surface area contributed by atoms with Gasteiger partial charge >= 0.3 is 13.6 Å². The summed E-state index contributed by atoms with van der Waals surface area (Å²) < 4.78 is 10.9. The summed E-state index contributed by atoms with van der Waals surface area (Å²) in [5, 5.41) is 3.89. The van der Waals surface area contributed by atoms with Gasteiger partial charge in [0.25, 0.3) is 0 Å². The summed E-state index contributed by atoms with van der Waals surface area (Å²) in [4.78, 5) is 35.6. The van der Waals surface area contributed by atoms with Gasteiger partial charge in [-0.15, -0.1) is 0 Å². The molecule has 0 aliphatic rings. The first-order valence-electron chi connectivity index (χ1n) is 7.38. The van der Waals surface area contributed by atoms with Gasteiger partial charge < -0.3 is 15.1 Å². The Morgan fingerprint density at radius 2 is 1.87 bits per heavy atom. The third-order valence-corrected chi connectivity index (χ3v) is 3.65. The van der Waals surface area contributed by atoms with Crippen LogP contribution in [0.1, 0.15) is 32.8 Å². The third kappa shape index (κ3) is 9.36. The summed E-state index contributed by atoms with van der Waals surface area (Å²) >= 11 is 0. The number of hydrogen-bond donors (Lipinski definition) is 3. The van der Waals surface area contributed by atoms with Crippen molar-refractivity contribution in [3.63, 3.8) is 0 Å². The van der Waals surface area contributed by atoms with Crippen LogP contribution in [0, 0.1) is 0 Å². The molecule has 0 radical (unpaired) electrons. The van der Waals surface area contributed by atoms with Crippen molar-refractivity contribution in [1.82, 2.24) is 10.4 Å². The van der Waals surface area contributed by atoms with E-state index < -0.39 is 19.2 Å². The van der Waals surface area contributed by atoms with Crippen LogP contribution in [-0.2, 0) is 16.0 Å². The number of carbonyl (C=O) groups excluding carboxylic acids is 1. The van der Waals surface area contributed by atoms with E-state index in [0.29, 0.717) is 0 Å². The third-order valence-electron chi connectivity index (χ3n) is 2.75. The highest BCUT2D eigenvalue weighted by atomic mass is 31.2. The lowest BCUT2D eigenvalue weighted by Gasteiger charge is -2.27. The molecule has 0 saturated heterocycles. The minimum Gasteiger partial charge on any atom is -0.332 e. The molecule has 7 nitrogen and oxygen atoms in total. The predicted molar refractivity (Wildman–Crippen MR) is 87.7 cm³/mol. The highest BCUT2D eigenvalue weighted by molar-refractivity contribution is 7.51. The van der Waals surface area contributed by atoms with Gasteiger partial charge in [-0.05, 0) is 32.8 Å². The number of nitrogens with zero attached hydrogens (tertiary/aromatic N) is 1. The zero-order valence-electron chi connectivity index (χ0n) is 13.7. The maximum atomic E-state index is 12.2. The Balaban J connectivity index is 2.63. The average Bonchev–Trinajstić information content (AvgIpc) is 2.40. The number of hydrogen-bond acceptors (Lipinski definition) is 3. The number of benzene rings is 1. The van der Waals surface area contributed by atoms with Gasteiger partial charge in [-0.25, -0.2) is 9.86 Å². The van der Waals surface area contributed by atoms with E-state index >= 15 is 0 Å². The number of hydroxylamine groups is 2. The SMILES string of the molecule is CC(C)(C)NC(=O)N(CCCP(=O)(O)O)OCc1ccccc1. The predicted octanol–water partition coefficient (Wildman–Crippen LogP) is 2.50. The monoisotopic (exact) mass is 344 g/mol. The van der Waals surface area contributed by atoms with Gasteiger partial charge in [0.05, 0.1) is 12.7 Å². The number of urea groups is 1. The van der Waals surface area contributed by atoms with Gasteiger partial charge in [0.15, 0.2) is 0 Å². The van der Waals surface area contributed by atoms with E-state index in [2.05, 4.69) is 5.32 Å². The molecule has 0 spiro atoms. The molecule has 1 aromatic rings. The Morgan fingerprint density at radius 1 is 1.26 bits per heavy atom. The van der Waals surface area contributed by atoms with Gasteiger partial charge in [0.1, 0.15) is 6.61 Å². The molecule has 1 aromatic carbocycles. The van der Waals surface area contributed by atoms with Crippen LogP contribution in [0.4, 0.5) is 4.79 Å². The minimum atomic E-state index is -4.08. The molecule has 2 amide bonds. The Bertz CT molecular complexity index is 539. The van der Waals surface area contributed by atoms with Gasteiger partial charge in [-0.3, -0.25) is 9.40 Å². The molecule has 0 aliphatic carbocycles. The molecular formula is C15H25N2O5P. The van der Waals surface area contributed by atoms with Gasteiger partial charge in [-0.2, -0.15) is 0 Å². The van der Waals surface area contributed by atoms with Crippen molar-refractivity contribution >= 4 is 13.6 Å². The summed E-state index contributed by atoms with van der Waals surface area (Å²) in [7, 11) is -4.08. The molecule has 0 unspecified atom stereocenters. The highest BCUT2D eigenvalue weighted by Gasteiger charge is 2.22. The molecule has 0 saturated carbocycles. The van der Waals surface area contributed by atoms with E-state index in [1.165, 1.54) is 0 Å². The Labute approximate surface area is 136 Å². The lowest BCUT2D eigenvalue weighted by molar-refractivity contribution is -0.129. The fraction of sp³-hybridized carbons (Fsp3) is 0.533.